The molecule has 0 saturated carbocycles. The number of rotatable bonds is 7. The Labute approximate surface area is 134 Å². The maximum atomic E-state index is 12.1. The molecule has 2 atom stereocenters. The second-order valence-electron chi connectivity index (χ2n) is 7.01. The van der Waals surface area contributed by atoms with E-state index in [1.54, 1.807) is 27.7 Å². The molecule has 0 heterocycles. The fourth-order valence-electron chi connectivity index (χ4n) is 1.67. The molecule has 0 aromatic rings. The molecule has 2 N–H and O–H groups in total. The Morgan fingerprint density at radius 1 is 1.09 bits per heavy atom. The summed E-state index contributed by atoms with van der Waals surface area (Å²) in [5.41, 5.74) is -1.13. The molecule has 0 bridgehead atoms. The molecule has 0 fully saturated rings. The molecule has 130 valence electrons. The van der Waals surface area contributed by atoms with Gasteiger partial charge in [-0.05, 0) is 47.5 Å². The Morgan fingerprint density at radius 2 is 1.64 bits per heavy atom. The number of alkyl carbamates (subject to hydrolysis) is 1. The molecular weight excluding hydrogens is 284 g/mol. The van der Waals surface area contributed by atoms with E-state index in [-0.39, 0.29) is 18.4 Å². The summed E-state index contributed by atoms with van der Waals surface area (Å²) in [4.78, 5) is 23.9. The van der Waals surface area contributed by atoms with Gasteiger partial charge in [0.1, 0.15) is 11.7 Å². The predicted octanol–water partition coefficient (Wildman–Crippen LogP) is 2.47. The van der Waals surface area contributed by atoms with Crippen LogP contribution in [-0.2, 0) is 14.3 Å². The third kappa shape index (κ3) is 7.64. The fourth-order valence-corrected chi connectivity index (χ4v) is 1.67. The lowest BCUT2D eigenvalue weighted by molar-refractivity contribution is -0.133. The molecule has 2 amide bonds. The van der Waals surface area contributed by atoms with Crippen LogP contribution in [0.25, 0.3) is 0 Å². The first-order valence-corrected chi connectivity index (χ1v) is 7.81. The minimum Gasteiger partial charge on any atom is -0.444 e. The quantitative estimate of drug-likeness (QED) is 0.756. The molecule has 2 unspecified atom stereocenters. The minimum absolute atomic E-state index is 0.125. The summed E-state index contributed by atoms with van der Waals surface area (Å²) in [6.07, 6.45) is -1.02. The average Bonchev–Trinajstić information content (AvgIpc) is 2.34. The largest absolute Gasteiger partial charge is 0.444 e. The van der Waals surface area contributed by atoms with Gasteiger partial charge in [-0.15, -0.1) is 0 Å². The van der Waals surface area contributed by atoms with Crippen molar-refractivity contribution >= 4 is 12.0 Å². The van der Waals surface area contributed by atoms with E-state index in [4.69, 9.17) is 9.47 Å². The Kier molecular flexibility index (Phi) is 7.87. The zero-order valence-electron chi connectivity index (χ0n) is 15.2. The number of nitrogens with one attached hydrogen (secondary N) is 2. The first-order chi connectivity index (χ1) is 9.91. The van der Waals surface area contributed by atoms with Crippen LogP contribution in [0.5, 0.6) is 0 Å². The van der Waals surface area contributed by atoms with Gasteiger partial charge < -0.3 is 20.1 Å². The predicted molar refractivity (Wildman–Crippen MR) is 86.7 cm³/mol. The molecule has 22 heavy (non-hydrogen) atoms. The number of amides is 2. The topological polar surface area (TPSA) is 76.7 Å². The van der Waals surface area contributed by atoms with Gasteiger partial charge in [-0.2, -0.15) is 0 Å². The van der Waals surface area contributed by atoms with Gasteiger partial charge >= 0.3 is 6.09 Å². The molecule has 0 saturated heterocycles. The molecule has 6 heteroatoms. The summed E-state index contributed by atoms with van der Waals surface area (Å²) in [6.45, 7) is 15.6. The molecule has 0 aliphatic heterocycles. The zero-order valence-corrected chi connectivity index (χ0v) is 15.2. The second-order valence-corrected chi connectivity index (χ2v) is 7.01. The van der Waals surface area contributed by atoms with Gasteiger partial charge in [0.05, 0.1) is 5.54 Å². The van der Waals surface area contributed by atoms with E-state index >= 15 is 0 Å². The van der Waals surface area contributed by atoms with Gasteiger partial charge in [0.15, 0.2) is 0 Å². The smallest absolute Gasteiger partial charge is 0.407 e. The SMILES string of the molecule is CCOC(C)C(=O)NC(C)(CNC(=O)OC(C)(C)C)C(C)C. The van der Waals surface area contributed by atoms with Crippen LogP contribution in [0, 0.1) is 5.92 Å². The number of carbonyl (C=O) groups is 2. The van der Waals surface area contributed by atoms with Crippen molar-refractivity contribution in [2.75, 3.05) is 13.2 Å². The average molecular weight is 316 g/mol. The van der Waals surface area contributed by atoms with Crippen molar-refractivity contribution in [1.29, 1.82) is 0 Å². The van der Waals surface area contributed by atoms with Gasteiger partial charge in [0, 0.05) is 13.2 Å². The molecule has 0 aliphatic carbocycles. The van der Waals surface area contributed by atoms with Crippen molar-refractivity contribution in [3.8, 4) is 0 Å². The first kappa shape index (κ1) is 20.7. The molecule has 0 radical (unpaired) electrons. The molecule has 0 rings (SSSR count). The van der Waals surface area contributed by atoms with Crippen LogP contribution in [0.15, 0.2) is 0 Å². The van der Waals surface area contributed by atoms with Gasteiger partial charge in [-0.25, -0.2) is 4.79 Å². The van der Waals surface area contributed by atoms with E-state index in [2.05, 4.69) is 10.6 Å². The summed E-state index contributed by atoms with van der Waals surface area (Å²) in [5.74, 6) is -0.0655. The van der Waals surface area contributed by atoms with E-state index < -0.39 is 23.3 Å². The van der Waals surface area contributed by atoms with Crippen molar-refractivity contribution < 1.29 is 19.1 Å². The molecule has 0 aliphatic rings. The van der Waals surface area contributed by atoms with Crippen LogP contribution in [-0.4, -0.2) is 42.4 Å². The Hall–Kier alpha value is -1.30. The molecule has 6 nitrogen and oxygen atoms in total. The Bertz CT molecular complexity index is 377. The first-order valence-electron chi connectivity index (χ1n) is 7.81. The van der Waals surface area contributed by atoms with E-state index in [9.17, 15) is 9.59 Å². The minimum atomic E-state index is -0.584. The fraction of sp³-hybridized carbons (Fsp3) is 0.875. The van der Waals surface area contributed by atoms with Crippen LogP contribution >= 0.6 is 0 Å². The van der Waals surface area contributed by atoms with E-state index in [0.717, 1.165) is 0 Å². The highest BCUT2D eigenvalue weighted by atomic mass is 16.6. The number of ether oxygens (including phenoxy) is 2. The maximum Gasteiger partial charge on any atom is 0.407 e. The van der Waals surface area contributed by atoms with Crippen molar-refractivity contribution in [2.45, 2.75) is 72.6 Å². The lowest BCUT2D eigenvalue weighted by Gasteiger charge is -2.36. The molecule has 0 aromatic carbocycles. The van der Waals surface area contributed by atoms with Crippen LogP contribution in [0.4, 0.5) is 4.79 Å². The Balaban J connectivity index is 4.69. The van der Waals surface area contributed by atoms with Crippen molar-refractivity contribution in [2.24, 2.45) is 5.92 Å². The van der Waals surface area contributed by atoms with Gasteiger partial charge in [0.2, 0.25) is 5.91 Å². The normalized spacial score (nSPS) is 15.9. The summed E-state index contributed by atoms with van der Waals surface area (Å²) in [7, 11) is 0. The highest BCUT2D eigenvalue weighted by Gasteiger charge is 2.32. The van der Waals surface area contributed by atoms with Crippen molar-refractivity contribution in [1.82, 2.24) is 10.6 Å². The van der Waals surface area contributed by atoms with E-state index in [1.807, 2.05) is 27.7 Å². The summed E-state index contributed by atoms with van der Waals surface area (Å²) in [6, 6.07) is 0. The number of carbonyl (C=O) groups excluding carboxylic acids is 2. The lowest BCUT2D eigenvalue weighted by Crippen LogP contribution is -2.59. The summed E-state index contributed by atoms with van der Waals surface area (Å²) < 4.78 is 10.5. The van der Waals surface area contributed by atoms with Crippen molar-refractivity contribution in [3.63, 3.8) is 0 Å². The van der Waals surface area contributed by atoms with Gasteiger partial charge in [-0.3, -0.25) is 4.79 Å². The standard InChI is InChI=1S/C16H32N2O4/c1-9-21-12(4)13(19)18-16(8,11(2)3)10-17-14(20)22-15(5,6)7/h11-12H,9-10H2,1-8H3,(H,17,20)(H,18,19). The molecule has 0 spiro atoms. The van der Waals surface area contributed by atoms with E-state index in [0.29, 0.717) is 6.61 Å². The highest BCUT2D eigenvalue weighted by Crippen LogP contribution is 2.16. The summed E-state index contributed by atoms with van der Waals surface area (Å²) >= 11 is 0. The Morgan fingerprint density at radius 3 is 2.05 bits per heavy atom. The third-order valence-corrected chi connectivity index (χ3v) is 3.47. The van der Waals surface area contributed by atoms with Crippen molar-refractivity contribution in [3.05, 3.63) is 0 Å². The molecular formula is C16H32N2O4. The number of hydrogen-bond donors (Lipinski definition) is 2. The van der Waals surface area contributed by atoms with Gasteiger partial charge in [-0.1, -0.05) is 13.8 Å². The molecule has 0 aromatic heterocycles. The zero-order chi connectivity index (χ0) is 17.6. The lowest BCUT2D eigenvalue weighted by atomic mass is 9.88. The number of hydrogen-bond acceptors (Lipinski definition) is 4. The van der Waals surface area contributed by atoms with Gasteiger partial charge in [0.25, 0.3) is 0 Å². The van der Waals surface area contributed by atoms with E-state index in [1.165, 1.54) is 0 Å². The van der Waals surface area contributed by atoms with Crippen LogP contribution in [0.1, 0.15) is 55.4 Å². The van der Waals surface area contributed by atoms with Crippen LogP contribution in [0.3, 0.4) is 0 Å². The maximum absolute atomic E-state index is 12.1. The van der Waals surface area contributed by atoms with Crippen LogP contribution < -0.4 is 10.6 Å². The monoisotopic (exact) mass is 316 g/mol. The highest BCUT2D eigenvalue weighted by molar-refractivity contribution is 5.81. The summed E-state index contributed by atoms with van der Waals surface area (Å²) in [5, 5.41) is 5.68. The van der Waals surface area contributed by atoms with Crippen LogP contribution in [0.2, 0.25) is 0 Å². The third-order valence-electron chi connectivity index (χ3n) is 3.47. The second kappa shape index (κ2) is 8.36.